The zero-order valence-electron chi connectivity index (χ0n) is 9.86. The molecule has 1 heterocycles. The minimum Gasteiger partial charge on any atom is -0.375 e. The van der Waals surface area contributed by atoms with Gasteiger partial charge in [0.15, 0.2) is 0 Å². The first-order valence-electron chi connectivity index (χ1n) is 5.80. The highest BCUT2D eigenvalue weighted by Crippen LogP contribution is 2.23. The molecule has 18 heavy (non-hydrogen) atoms. The van der Waals surface area contributed by atoms with Crippen LogP contribution in [-0.2, 0) is 11.2 Å². The van der Waals surface area contributed by atoms with Crippen molar-refractivity contribution >= 4 is 23.4 Å². The van der Waals surface area contributed by atoms with Crippen LogP contribution in [0.2, 0.25) is 5.02 Å². The number of halogens is 2. The lowest BCUT2D eigenvalue weighted by Crippen LogP contribution is -2.49. The number of ether oxygens (including phenoxy) is 1. The fraction of sp³-hybridized carbons (Fsp3) is 0.500. The summed E-state index contributed by atoms with van der Waals surface area (Å²) in [6.45, 7) is 0.727. The summed E-state index contributed by atoms with van der Waals surface area (Å²) in [5, 5.41) is 0.168. The van der Waals surface area contributed by atoms with Gasteiger partial charge >= 0.3 is 0 Å². The Balaban J connectivity index is 2.07. The normalized spacial score (nSPS) is 21.8. The third kappa shape index (κ3) is 3.36. The second-order valence-electron chi connectivity index (χ2n) is 4.17. The predicted octanol–water partition coefficient (Wildman–Crippen LogP) is 1.99. The molecule has 2 unspecified atom stereocenters. The van der Waals surface area contributed by atoms with Crippen molar-refractivity contribution in [2.75, 3.05) is 18.1 Å². The molecule has 0 amide bonds. The second-order valence-corrected chi connectivity index (χ2v) is 5.70. The molecule has 0 aliphatic carbocycles. The molecule has 1 aromatic carbocycles. The van der Waals surface area contributed by atoms with E-state index in [1.807, 2.05) is 17.8 Å². The maximum absolute atomic E-state index is 13.4. The highest BCUT2D eigenvalue weighted by molar-refractivity contribution is 7.99. The number of thioether (sulfide) groups is 1. The summed E-state index contributed by atoms with van der Waals surface area (Å²) >= 11 is 7.78. The first-order chi connectivity index (χ1) is 8.72. The molecule has 0 radical (unpaired) electrons. The van der Waals surface area contributed by atoms with Gasteiger partial charge in [0.25, 0.3) is 0 Å². The van der Waals surface area contributed by atoms with Crippen molar-refractivity contribution in [2.45, 2.75) is 18.6 Å². The molecule has 1 fully saturated rings. The van der Waals surface area contributed by atoms with E-state index in [0.717, 1.165) is 23.7 Å². The molecule has 0 spiro atoms. The van der Waals surface area contributed by atoms with E-state index in [4.69, 9.17) is 22.2 Å². The van der Waals surface area contributed by atoms with Crippen LogP contribution in [0.1, 0.15) is 5.56 Å². The third-order valence-electron chi connectivity index (χ3n) is 2.98. The first-order valence-corrected chi connectivity index (χ1v) is 7.34. The van der Waals surface area contributed by atoms with Crippen molar-refractivity contribution in [3.63, 3.8) is 0 Å². The standard InChI is InChI=1S/C12H16ClFN2OS/c13-12-8(2-1-3-9(12)14)6-10(16-15)11-7-18-5-4-17-11/h1-3,10-11,16H,4-7,15H2. The molecule has 3 N–H and O–H groups in total. The average Bonchev–Trinajstić information content (AvgIpc) is 2.41. The smallest absolute Gasteiger partial charge is 0.142 e. The van der Waals surface area contributed by atoms with Crippen LogP contribution < -0.4 is 11.3 Å². The van der Waals surface area contributed by atoms with Gasteiger partial charge in [-0.2, -0.15) is 11.8 Å². The fourth-order valence-electron chi connectivity index (χ4n) is 1.98. The van der Waals surface area contributed by atoms with Gasteiger partial charge < -0.3 is 4.74 Å². The average molecular weight is 291 g/mol. The maximum atomic E-state index is 13.4. The Kier molecular flexibility index (Phi) is 5.26. The first kappa shape index (κ1) is 14.1. The summed E-state index contributed by atoms with van der Waals surface area (Å²) in [5.41, 5.74) is 3.50. The molecule has 2 rings (SSSR count). The van der Waals surface area contributed by atoms with Crippen LogP contribution >= 0.6 is 23.4 Å². The Morgan fingerprint density at radius 1 is 1.61 bits per heavy atom. The maximum Gasteiger partial charge on any atom is 0.142 e. The van der Waals surface area contributed by atoms with Gasteiger partial charge in [0, 0.05) is 11.5 Å². The Labute approximate surface area is 115 Å². The van der Waals surface area contributed by atoms with E-state index in [9.17, 15) is 4.39 Å². The summed E-state index contributed by atoms with van der Waals surface area (Å²) in [4.78, 5) is 0. The topological polar surface area (TPSA) is 47.3 Å². The molecule has 1 aliphatic heterocycles. The van der Waals surface area contributed by atoms with Gasteiger partial charge in [0.1, 0.15) is 5.82 Å². The van der Waals surface area contributed by atoms with Gasteiger partial charge in [-0.15, -0.1) is 0 Å². The van der Waals surface area contributed by atoms with Crippen LogP contribution in [0.4, 0.5) is 4.39 Å². The summed E-state index contributed by atoms with van der Waals surface area (Å²) in [5.74, 6) is 7.06. The van der Waals surface area contributed by atoms with Gasteiger partial charge in [0.2, 0.25) is 0 Å². The van der Waals surface area contributed by atoms with Gasteiger partial charge in [0.05, 0.1) is 23.8 Å². The van der Waals surface area contributed by atoms with Gasteiger partial charge in [-0.3, -0.25) is 11.3 Å². The molecule has 0 bridgehead atoms. The summed E-state index contributed by atoms with van der Waals surface area (Å²) in [6, 6.07) is 4.76. The van der Waals surface area contributed by atoms with Crippen molar-refractivity contribution < 1.29 is 9.13 Å². The summed E-state index contributed by atoms with van der Waals surface area (Å²) in [7, 11) is 0. The van der Waals surface area contributed by atoms with Crippen LogP contribution in [0.25, 0.3) is 0 Å². The van der Waals surface area contributed by atoms with Crippen LogP contribution in [0.5, 0.6) is 0 Å². The van der Waals surface area contributed by atoms with Gasteiger partial charge in [-0.1, -0.05) is 23.7 Å². The Hall–Kier alpha value is -0.330. The second kappa shape index (κ2) is 6.73. The number of hydrogen-bond acceptors (Lipinski definition) is 4. The minimum atomic E-state index is -0.399. The monoisotopic (exact) mass is 290 g/mol. The molecular weight excluding hydrogens is 275 g/mol. The molecule has 100 valence electrons. The third-order valence-corrected chi connectivity index (χ3v) is 4.42. The summed E-state index contributed by atoms with van der Waals surface area (Å²) < 4.78 is 19.0. The van der Waals surface area contributed by atoms with Crippen LogP contribution in [0.15, 0.2) is 18.2 Å². The van der Waals surface area contributed by atoms with Gasteiger partial charge in [-0.05, 0) is 18.1 Å². The van der Waals surface area contributed by atoms with E-state index < -0.39 is 5.82 Å². The largest absolute Gasteiger partial charge is 0.375 e. The molecule has 1 aromatic rings. The summed E-state index contributed by atoms with van der Waals surface area (Å²) in [6.07, 6.45) is 0.589. The lowest BCUT2D eigenvalue weighted by Gasteiger charge is -2.30. The highest BCUT2D eigenvalue weighted by atomic mass is 35.5. The SMILES string of the molecule is NNC(Cc1cccc(F)c1Cl)C1CSCCO1. The Morgan fingerprint density at radius 3 is 3.11 bits per heavy atom. The zero-order valence-corrected chi connectivity index (χ0v) is 11.4. The van der Waals surface area contributed by atoms with Crippen molar-refractivity contribution in [3.05, 3.63) is 34.6 Å². The van der Waals surface area contributed by atoms with Crippen molar-refractivity contribution in [2.24, 2.45) is 5.84 Å². The predicted molar refractivity (Wildman–Crippen MR) is 73.3 cm³/mol. The van der Waals surface area contributed by atoms with E-state index in [-0.39, 0.29) is 17.2 Å². The number of benzene rings is 1. The molecule has 3 nitrogen and oxygen atoms in total. The molecule has 0 saturated carbocycles. The van der Waals surface area contributed by atoms with E-state index in [2.05, 4.69) is 5.43 Å². The number of rotatable bonds is 4. The van der Waals surface area contributed by atoms with Crippen molar-refractivity contribution in [1.29, 1.82) is 0 Å². The molecule has 1 saturated heterocycles. The van der Waals surface area contributed by atoms with E-state index >= 15 is 0 Å². The molecule has 0 aromatic heterocycles. The lowest BCUT2D eigenvalue weighted by molar-refractivity contribution is 0.0472. The number of hydrogen-bond donors (Lipinski definition) is 2. The van der Waals surface area contributed by atoms with Crippen LogP contribution in [0.3, 0.4) is 0 Å². The number of nitrogens with one attached hydrogen (secondary N) is 1. The van der Waals surface area contributed by atoms with Crippen LogP contribution in [-0.4, -0.2) is 30.3 Å². The van der Waals surface area contributed by atoms with Crippen molar-refractivity contribution in [3.8, 4) is 0 Å². The van der Waals surface area contributed by atoms with Gasteiger partial charge in [-0.25, -0.2) is 4.39 Å². The minimum absolute atomic E-state index is 0.0353. The zero-order chi connectivity index (χ0) is 13.0. The van der Waals surface area contributed by atoms with Crippen LogP contribution in [0, 0.1) is 5.82 Å². The molecular formula is C12H16ClFN2OS. The Bertz CT molecular complexity index is 402. The molecule has 6 heteroatoms. The lowest BCUT2D eigenvalue weighted by atomic mass is 10.0. The quantitative estimate of drug-likeness (QED) is 0.658. The molecule has 1 aliphatic rings. The van der Waals surface area contributed by atoms with Crippen molar-refractivity contribution in [1.82, 2.24) is 5.43 Å². The Morgan fingerprint density at radius 2 is 2.44 bits per heavy atom. The van der Waals surface area contributed by atoms with E-state index in [0.29, 0.717) is 6.42 Å². The molecule has 2 atom stereocenters. The van der Waals surface area contributed by atoms with E-state index in [1.54, 1.807) is 6.07 Å². The highest BCUT2D eigenvalue weighted by Gasteiger charge is 2.25. The number of nitrogens with two attached hydrogens (primary N) is 1. The fourth-order valence-corrected chi connectivity index (χ4v) is 3.12. The number of hydrazine groups is 1. The van der Waals surface area contributed by atoms with E-state index in [1.165, 1.54) is 6.07 Å².